The van der Waals surface area contributed by atoms with Crippen LogP contribution >= 0.6 is 0 Å². The minimum Gasteiger partial charge on any atom is -0.423 e. The van der Waals surface area contributed by atoms with Gasteiger partial charge in [-0.15, -0.1) is 0 Å². The van der Waals surface area contributed by atoms with Gasteiger partial charge in [0.15, 0.2) is 0 Å². The van der Waals surface area contributed by atoms with Gasteiger partial charge in [0.2, 0.25) is 0 Å². The summed E-state index contributed by atoms with van der Waals surface area (Å²) >= 11 is 0. The molecule has 0 spiro atoms. The second kappa shape index (κ2) is 8.63. The Kier molecular flexibility index (Phi) is 6.28. The van der Waals surface area contributed by atoms with Gasteiger partial charge in [-0.1, -0.05) is 56.7 Å². The molecule has 136 valence electrons. The van der Waals surface area contributed by atoms with Gasteiger partial charge in [0, 0.05) is 17.2 Å². The zero-order chi connectivity index (χ0) is 20.0. The van der Waals surface area contributed by atoms with E-state index in [1.54, 1.807) is 37.3 Å². The van der Waals surface area contributed by atoms with E-state index in [1.165, 1.54) is 0 Å². The molecule has 4 heteroatoms. The van der Waals surface area contributed by atoms with Crippen molar-refractivity contribution in [2.24, 2.45) is 0 Å². The van der Waals surface area contributed by atoms with Crippen LogP contribution in [0.2, 0.25) is 0 Å². The SMILES string of the molecule is C=CC(=O)Oc1ccc(-c2ccc(OC(=O)C(=C)C)c(C=C)c2C=C)cc1. The lowest BCUT2D eigenvalue weighted by atomic mass is 9.94. The number of carbonyl (C=O) groups is 2. The van der Waals surface area contributed by atoms with Gasteiger partial charge < -0.3 is 9.47 Å². The Hall–Kier alpha value is -3.66. The van der Waals surface area contributed by atoms with Crippen LogP contribution < -0.4 is 9.47 Å². The summed E-state index contributed by atoms with van der Waals surface area (Å²) in [6.07, 6.45) is 4.39. The quantitative estimate of drug-likeness (QED) is 0.386. The number of rotatable bonds is 7. The van der Waals surface area contributed by atoms with Crippen molar-refractivity contribution in [1.82, 2.24) is 0 Å². The molecular weight excluding hydrogens is 340 g/mol. The Morgan fingerprint density at radius 3 is 2.04 bits per heavy atom. The second-order valence-electron chi connectivity index (χ2n) is 5.67. The summed E-state index contributed by atoms with van der Waals surface area (Å²) in [4.78, 5) is 23.1. The van der Waals surface area contributed by atoms with E-state index >= 15 is 0 Å². The van der Waals surface area contributed by atoms with Crippen molar-refractivity contribution in [3.05, 3.63) is 85.5 Å². The van der Waals surface area contributed by atoms with Crippen LogP contribution in [0.4, 0.5) is 0 Å². The maximum absolute atomic E-state index is 11.9. The predicted octanol–water partition coefficient (Wildman–Crippen LogP) is 5.21. The number of esters is 2. The molecule has 0 aliphatic heterocycles. The summed E-state index contributed by atoms with van der Waals surface area (Å²) in [6.45, 7) is 16.2. The molecule has 0 atom stereocenters. The maximum atomic E-state index is 11.9. The molecule has 0 aromatic heterocycles. The third-order valence-corrected chi connectivity index (χ3v) is 3.76. The molecule has 2 rings (SSSR count). The first-order chi connectivity index (χ1) is 12.9. The molecule has 2 aromatic carbocycles. The van der Waals surface area contributed by atoms with Crippen molar-refractivity contribution >= 4 is 24.1 Å². The van der Waals surface area contributed by atoms with Gasteiger partial charge in [0.1, 0.15) is 11.5 Å². The summed E-state index contributed by atoms with van der Waals surface area (Å²) in [5.74, 6) is -0.227. The van der Waals surface area contributed by atoms with Crippen LogP contribution in [0.5, 0.6) is 11.5 Å². The van der Waals surface area contributed by atoms with Crippen molar-refractivity contribution in [3.8, 4) is 22.6 Å². The molecule has 2 aromatic rings. The second-order valence-corrected chi connectivity index (χ2v) is 5.67. The van der Waals surface area contributed by atoms with Gasteiger partial charge in [0.25, 0.3) is 0 Å². The van der Waals surface area contributed by atoms with E-state index in [-0.39, 0.29) is 0 Å². The van der Waals surface area contributed by atoms with Crippen LogP contribution in [0.15, 0.2) is 74.4 Å². The predicted molar refractivity (Wildman–Crippen MR) is 108 cm³/mol. The van der Waals surface area contributed by atoms with Gasteiger partial charge in [-0.2, -0.15) is 0 Å². The molecule has 0 saturated carbocycles. The highest BCUT2D eigenvalue weighted by atomic mass is 16.5. The van der Waals surface area contributed by atoms with Crippen LogP contribution in [-0.2, 0) is 9.59 Å². The number of carbonyl (C=O) groups excluding carboxylic acids is 2. The van der Waals surface area contributed by atoms with Crippen molar-refractivity contribution in [1.29, 1.82) is 0 Å². The molecule has 0 aliphatic rings. The zero-order valence-corrected chi connectivity index (χ0v) is 15.2. The average Bonchev–Trinajstić information content (AvgIpc) is 2.67. The molecule has 4 nitrogen and oxygen atoms in total. The monoisotopic (exact) mass is 360 g/mol. The zero-order valence-electron chi connectivity index (χ0n) is 15.2. The van der Waals surface area contributed by atoms with E-state index < -0.39 is 11.9 Å². The molecule has 0 saturated heterocycles. The number of hydrogen-bond donors (Lipinski definition) is 0. The summed E-state index contributed by atoms with van der Waals surface area (Å²) in [7, 11) is 0. The van der Waals surface area contributed by atoms with Crippen molar-refractivity contribution in [2.75, 3.05) is 0 Å². The highest BCUT2D eigenvalue weighted by Crippen LogP contribution is 2.35. The first kappa shape index (κ1) is 19.7. The van der Waals surface area contributed by atoms with Gasteiger partial charge in [0.05, 0.1) is 0 Å². The Morgan fingerprint density at radius 1 is 0.889 bits per heavy atom. The Labute approximate surface area is 158 Å². The Balaban J connectivity index is 2.45. The average molecular weight is 360 g/mol. The van der Waals surface area contributed by atoms with E-state index in [2.05, 4.69) is 26.3 Å². The molecule has 0 heterocycles. The van der Waals surface area contributed by atoms with Crippen LogP contribution in [0.1, 0.15) is 18.1 Å². The number of benzene rings is 2. The smallest absolute Gasteiger partial charge is 0.338 e. The van der Waals surface area contributed by atoms with Crippen LogP contribution in [-0.4, -0.2) is 11.9 Å². The lowest BCUT2D eigenvalue weighted by Gasteiger charge is -2.15. The third kappa shape index (κ3) is 4.50. The topological polar surface area (TPSA) is 52.6 Å². The fourth-order valence-electron chi connectivity index (χ4n) is 2.43. The van der Waals surface area contributed by atoms with E-state index in [0.717, 1.165) is 22.8 Å². The Bertz CT molecular complexity index is 934. The Morgan fingerprint density at radius 2 is 1.52 bits per heavy atom. The number of hydrogen-bond acceptors (Lipinski definition) is 4. The largest absolute Gasteiger partial charge is 0.423 e. The first-order valence-electron chi connectivity index (χ1n) is 8.15. The maximum Gasteiger partial charge on any atom is 0.338 e. The van der Waals surface area contributed by atoms with Crippen LogP contribution in [0, 0.1) is 0 Å². The first-order valence-corrected chi connectivity index (χ1v) is 8.15. The molecule has 0 bridgehead atoms. The molecule has 0 unspecified atom stereocenters. The molecule has 0 amide bonds. The highest BCUT2D eigenvalue weighted by Gasteiger charge is 2.15. The number of ether oxygens (including phenoxy) is 2. The van der Waals surface area contributed by atoms with Crippen molar-refractivity contribution in [2.45, 2.75) is 6.92 Å². The third-order valence-electron chi connectivity index (χ3n) is 3.76. The molecule has 0 fully saturated rings. The molecule has 27 heavy (non-hydrogen) atoms. The van der Waals surface area contributed by atoms with Gasteiger partial charge in [-0.05, 0) is 41.8 Å². The highest BCUT2D eigenvalue weighted by molar-refractivity contribution is 5.91. The lowest BCUT2D eigenvalue weighted by Crippen LogP contribution is -2.09. The minimum atomic E-state index is -0.521. The van der Waals surface area contributed by atoms with E-state index in [4.69, 9.17) is 9.47 Å². The molecule has 0 N–H and O–H groups in total. The fraction of sp³-hybridized carbons (Fsp3) is 0.0435. The summed E-state index contributed by atoms with van der Waals surface area (Å²) in [6, 6.07) is 10.5. The lowest BCUT2D eigenvalue weighted by molar-refractivity contribution is -0.130. The van der Waals surface area contributed by atoms with Crippen LogP contribution in [0.25, 0.3) is 23.3 Å². The normalized spacial score (nSPS) is 9.81. The van der Waals surface area contributed by atoms with E-state index in [1.807, 2.05) is 18.2 Å². The van der Waals surface area contributed by atoms with Crippen molar-refractivity contribution < 1.29 is 19.1 Å². The summed E-state index contributed by atoms with van der Waals surface area (Å²) in [5, 5.41) is 0. The van der Waals surface area contributed by atoms with E-state index in [9.17, 15) is 9.59 Å². The van der Waals surface area contributed by atoms with Gasteiger partial charge in [-0.25, -0.2) is 9.59 Å². The summed E-state index contributed by atoms with van der Waals surface area (Å²) in [5.41, 5.74) is 3.48. The van der Waals surface area contributed by atoms with Crippen molar-refractivity contribution in [3.63, 3.8) is 0 Å². The summed E-state index contributed by atoms with van der Waals surface area (Å²) < 4.78 is 10.5. The minimum absolute atomic E-state index is 0.305. The standard InChI is InChI=1S/C23H20O4/c1-6-18-19(7-2)21(27-23(25)15(4)5)14-13-20(18)16-9-11-17(12-10-16)26-22(24)8-3/h6-14H,1-4H2,5H3. The fourth-order valence-corrected chi connectivity index (χ4v) is 2.43. The van der Waals surface area contributed by atoms with Gasteiger partial charge >= 0.3 is 11.9 Å². The van der Waals surface area contributed by atoms with Crippen LogP contribution in [0.3, 0.4) is 0 Å². The molecule has 0 radical (unpaired) electrons. The van der Waals surface area contributed by atoms with Gasteiger partial charge in [-0.3, -0.25) is 0 Å². The van der Waals surface area contributed by atoms with E-state index in [0.29, 0.717) is 22.6 Å². The molecular formula is C23H20O4. The molecule has 0 aliphatic carbocycles.